The van der Waals surface area contributed by atoms with Crippen molar-refractivity contribution in [3.8, 4) is 0 Å². The van der Waals surface area contributed by atoms with Crippen LogP contribution in [0.3, 0.4) is 0 Å². The van der Waals surface area contributed by atoms with E-state index in [0.29, 0.717) is 6.04 Å². The van der Waals surface area contributed by atoms with Crippen molar-refractivity contribution in [3.63, 3.8) is 0 Å². The number of unbranched alkanes of at least 4 members (excludes halogenated alkanes) is 2. The molecule has 2 aliphatic rings. The van der Waals surface area contributed by atoms with Crippen molar-refractivity contribution in [1.29, 1.82) is 0 Å². The van der Waals surface area contributed by atoms with Gasteiger partial charge in [0, 0.05) is 18.6 Å². The highest BCUT2D eigenvalue weighted by molar-refractivity contribution is 4.81. The van der Waals surface area contributed by atoms with Gasteiger partial charge in [-0.05, 0) is 70.7 Å². The zero-order valence-electron chi connectivity index (χ0n) is 15.3. The summed E-state index contributed by atoms with van der Waals surface area (Å²) in [5.41, 5.74) is 0. The van der Waals surface area contributed by atoms with E-state index in [1.807, 2.05) is 0 Å². The summed E-state index contributed by atoms with van der Waals surface area (Å²) >= 11 is 0. The van der Waals surface area contributed by atoms with Crippen LogP contribution in [-0.4, -0.2) is 61.2 Å². The Hall–Kier alpha value is -0.120. The maximum absolute atomic E-state index is 3.70. The van der Waals surface area contributed by atoms with Crippen LogP contribution in [-0.2, 0) is 0 Å². The molecule has 0 aromatic carbocycles. The van der Waals surface area contributed by atoms with Gasteiger partial charge in [-0.1, -0.05) is 33.6 Å². The van der Waals surface area contributed by atoms with Crippen molar-refractivity contribution >= 4 is 0 Å². The SMILES string of the molecule is CCCCCN1CCC(CN2CCC(NC(C)C)CC2)CC1. The molecule has 0 aromatic heterocycles. The van der Waals surface area contributed by atoms with Crippen molar-refractivity contribution in [1.82, 2.24) is 15.1 Å². The molecule has 0 bridgehead atoms. The first-order chi connectivity index (χ1) is 10.7. The van der Waals surface area contributed by atoms with Crippen LogP contribution in [0.1, 0.15) is 65.7 Å². The fraction of sp³-hybridized carbons (Fsp3) is 1.00. The zero-order valence-corrected chi connectivity index (χ0v) is 15.3. The summed E-state index contributed by atoms with van der Waals surface area (Å²) in [6.45, 7) is 14.8. The van der Waals surface area contributed by atoms with Crippen LogP contribution in [0, 0.1) is 5.92 Å². The summed E-state index contributed by atoms with van der Waals surface area (Å²) in [7, 11) is 0. The van der Waals surface area contributed by atoms with E-state index in [2.05, 4.69) is 35.9 Å². The van der Waals surface area contributed by atoms with Crippen LogP contribution in [0.4, 0.5) is 0 Å². The number of nitrogens with one attached hydrogen (secondary N) is 1. The van der Waals surface area contributed by atoms with E-state index < -0.39 is 0 Å². The molecule has 3 heteroatoms. The summed E-state index contributed by atoms with van der Waals surface area (Å²) < 4.78 is 0. The van der Waals surface area contributed by atoms with Crippen LogP contribution in [0.2, 0.25) is 0 Å². The molecule has 0 amide bonds. The molecular formula is C19H39N3. The summed E-state index contributed by atoms with van der Waals surface area (Å²) in [5, 5.41) is 3.70. The smallest absolute Gasteiger partial charge is 0.00937 e. The minimum atomic E-state index is 0.633. The van der Waals surface area contributed by atoms with E-state index in [4.69, 9.17) is 0 Å². The van der Waals surface area contributed by atoms with Gasteiger partial charge in [-0.15, -0.1) is 0 Å². The van der Waals surface area contributed by atoms with Crippen LogP contribution in [0.25, 0.3) is 0 Å². The van der Waals surface area contributed by atoms with Gasteiger partial charge < -0.3 is 15.1 Å². The predicted octanol–water partition coefficient (Wildman–Crippen LogP) is 3.35. The fourth-order valence-electron chi connectivity index (χ4n) is 4.10. The number of likely N-dealkylation sites (tertiary alicyclic amines) is 2. The number of piperidine rings is 2. The summed E-state index contributed by atoms with van der Waals surface area (Å²) in [4.78, 5) is 5.43. The Balaban J connectivity index is 1.57. The van der Waals surface area contributed by atoms with Gasteiger partial charge in [0.1, 0.15) is 0 Å². The molecule has 0 unspecified atom stereocenters. The largest absolute Gasteiger partial charge is 0.312 e. The molecule has 2 aliphatic heterocycles. The maximum Gasteiger partial charge on any atom is 0.00937 e. The van der Waals surface area contributed by atoms with E-state index >= 15 is 0 Å². The molecule has 22 heavy (non-hydrogen) atoms. The third kappa shape index (κ3) is 6.55. The number of nitrogens with zero attached hydrogens (tertiary/aromatic N) is 2. The molecule has 2 rings (SSSR count). The first-order valence-corrected chi connectivity index (χ1v) is 9.88. The minimum absolute atomic E-state index is 0.633. The van der Waals surface area contributed by atoms with Gasteiger partial charge >= 0.3 is 0 Å². The molecule has 3 nitrogen and oxygen atoms in total. The van der Waals surface area contributed by atoms with Crippen molar-refractivity contribution in [2.24, 2.45) is 5.92 Å². The molecule has 2 saturated heterocycles. The summed E-state index contributed by atoms with van der Waals surface area (Å²) in [6.07, 6.45) is 9.68. The van der Waals surface area contributed by atoms with Gasteiger partial charge in [-0.25, -0.2) is 0 Å². The van der Waals surface area contributed by atoms with Crippen molar-refractivity contribution in [2.45, 2.75) is 77.8 Å². The van der Waals surface area contributed by atoms with Crippen LogP contribution < -0.4 is 5.32 Å². The highest BCUT2D eigenvalue weighted by atomic mass is 15.2. The molecule has 1 N–H and O–H groups in total. The average Bonchev–Trinajstić information content (AvgIpc) is 2.51. The Kier molecular flexibility index (Phi) is 8.19. The monoisotopic (exact) mass is 309 g/mol. The van der Waals surface area contributed by atoms with E-state index in [9.17, 15) is 0 Å². The molecule has 0 spiro atoms. The van der Waals surface area contributed by atoms with Crippen molar-refractivity contribution < 1.29 is 0 Å². The van der Waals surface area contributed by atoms with Crippen molar-refractivity contribution in [3.05, 3.63) is 0 Å². The maximum atomic E-state index is 3.70. The molecule has 0 saturated carbocycles. The number of rotatable bonds is 8. The Morgan fingerprint density at radius 1 is 0.909 bits per heavy atom. The molecule has 0 aromatic rings. The normalized spacial score (nSPS) is 23.5. The van der Waals surface area contributed by atoms with Crippen LogP contribution in [0.15, 0.2) is 0 Å². The second-order valence-electron chi connectivity index (χ2n) is 7.89. The molecule has 2 fully saturated rings. The highest BCUT2D eigenvalue weighted by Crippen LogP contribution is 2.21. The first-order valence-electron chi connectivity index (χ1n) is 9.88. The Labute approximate surface area is 138 Å². The van der Waals surface area contributed by atoms with Gasteiger partial charge in [-0.2, -0.15) is 0 Å². The first kappa shape index (κ1) is 18.2. The summed E-state index contributed by atoms with van der Waals surface area (Å²) in [6, 6.07) is 1.39. The van der Waals surface area contributed by atoms with E-state index in [1.165, 1.54) is 84.2 Å². The van der Waals surface area contributed by atoms with Crippen LogP contribution >= 0.6 is 0 Å². The lowest BCUT2D eigenvalue weighted by molar-refractivity contribution is 0.121. The summed E-state index contributed by atoms with van der Waals surface area (Å²) in [5.74, 6) is 0.956. The minimum Gasteiger partial charge on any atom is -0.312 e. The average molecular weight is 310 g/mol. The topological polar surface area (TPSA) is 18.5 Å². The lowest BCUT2D eigenvalue weighted by Crippen LogP contribution is -2.47. The molecule has 0 atom stereocenters. The van der Waals surface area contributed by atoms with E-state index in [1.54, 1.807) is 0 Å². The van der Waals surface area contributed by atoms with Gasteiger partial charge in [0.05, 0.1) is 0 Å². The second kappa shape index (κ2) is 9.89. The molecule has 0 radical (unpaired) electrons. The van der Waals surface area contributed by atoms with Gasteiger partial charge in [0.15, 0.2) is 0 Å². The zero-order chi connectivity index (χ0) is 15.8. The molecular weight excluding hydrogens is 270 g/mol. The number of hydrogen-bond donors (Lipinski definition) is 1. The van der Waals surface area contributed by atoms with Crippen LogP contribution in [0.5, 0.6) is 0 Å². The molecule has 0 aliphatic carbocycles. The lowest BCUT2D eigenvalue weighted by Gasteiger charge is -2.38. The quantitative estimate of drug-likeness (QED) is 0.694. The van der Waals surface area contributed by atoms with Crippen molar-refractivity contribution in [2.75, 3.05) is 39.3 Å². The van der Waals surface area contributed by atoms with E-state index in [0.717, 1.165) is 12.0 Å². The molecule has 130 valence electrons. The predicted molar refractivity (Wildman–Crippen MR) is 96.4 cm³/mol. The Morgan fingerprint density at radius 2 is 1.55 bits per heavy atom. The van der Waals surface area contributed by atoms with E-state index in [-0.39, 0.29) is 0 Å². The fourth-order valence-corrected chi connectivity index (χ4v) is 4.10. The highest BCUT2D eigenvalue weighted by Gasteiger charge is 2.24. The Morgan fingerprint density at radius 3 is 2.14 bits per heavy atom. The van der Waals surface area contributed by atoms with Gasteiger partial charge in [-0.3, -0.25) is 0 Å². The second-order valence-corrected chi connectivity index (χ2v) is 7.89. The third-order valence-electron chi connectivity index (χ3n) is 5.46. The Bertz CT molecular complexity index is 276. The standard InChI is InChI=1S/C19H39N3/c1-4-5-6-11-21-12-7-18(8-13-21)16-22-14-9-19(10-15-22)20-17(2)3/h17-20H,4-16H2,1-3H3. The number of hydrogen-bond acceptors (Lipinski definition) is 3. The van der Waals surface area contributed by atoms with Gasteiger partial charge in [0.2, 0.25) is 0 Å². The third-order valence-corrected chi connectivity index (χ3v) is 5.46. The molecule has 2 heterocycles. The van der Waals surface area contributed by atoms with Gasteiger partial charge in [0.25, 0.3) is 0 Å². The lowest BCUT2D eigenvalue weighted by atomic mass is 9.94.